The summed E-state index contributed by atoms with van der Waals surface area (Å²) in [6.07, 6.45) is 3.40. The second kappa shape index (κ2) is 8.62. The average Bonchev–Trinajstić information content (AvgIpc) is 2.33. The molecule has 1 aromatic carbocycles. The van der Waals surface area contributed by atoms with E-state index in [4.69, 9.17) is 4.74 Å². The van der Waals surface area contributed by atoms with Gasteiger partial charge in [0.25, 0.3) is 0 Å². The third-order valence-electron chi connectivity index (χ3n) is 2.90. The highest BCUT2D eigenvalue weighted by Crippen LogP contribution is 2.24. The molecule has 0 fully saturated rings. The number of benzene rings is 1. The minimum atomic E-state index is -0.211. The third-order valence-corrected chi connectivity index (χ3v) is 3.59. The number of methoxy groups -OCH3 is 1. The SMILES string of the molecule is COCCCCCNC(C)c1ccc(F)cc1Br. The van der Waals surface area contributed by atoms with Crippen molar-refractivity contribution in [2.24, 2.45) is 0 Å². The first-order valence-corrected chi connectivity index (χ1v) is 7.11. The van der Waals surface area contributed by atoms with Gasteiger partial charge in [0.15, 0.2) is 0 Å². The second-order valence-corrected chi connectivity index (χ2v) is 5.25. The Labute approximate surface area is 117 Å². The highest BCUT2D eigenvalue weighted by atomic mass is 79.9. The lowest BCUT2D eigenvalue weighted by Gasteiger charge is -2.15. The van der Waals surface area contributed by atoms with Crippen molar-refractivity contribution in [3.63, 3.8) is 0 Å². The van der Waals surface area contributed by atoms with Crippen molar-refractivity contribution in [1.29, 1.82) is 0 Å². The molecule has 0 aliphatic heterocycles. The molecule has 2 nitrogen and oxygen atoms in total. The van der Waals surface area contributed by atoms with Gasteiger partial charge in [-0.05, 0) is 50.4 Å². The molecule has 1 aromatic rings. The number of halogens is 2. The van der Waals surface area contributed by atoms with Gasteiger partial charge in [-0.1, -0.05) is 22.0 Å². The van der Waals surface area contributed by atoms with Crippen LogP contribution in [0.25, 0.3) is 0 Å². The van der Waals surface area contributed by atoms with E-state index in [1.54, 1.807) is 7.11 Å². The molecule has 0 aliphatic carbocycles. The summed E-state index contributed by atoms with van der Waals surface area (Å²) in [6.45, 7) is 3.89. The fourth-order valence-corrected chi connectivity index (χ4v) is 2.52. The van der Waals surface area contributed by atoms with Gasteiger partial charge in [-0.25, -0.2) is 4.39 Å². The molecule has 0 radical (unpaired) electrons. The van der Waals surface area contributed by atoms with Crippen molar-refractivity contribution < 1.29 is 9.13 Å². The van der Waals surface area contributed by atoms with Gasteiger partial charge in [0.1, 0.15) is 5.82 Å². The average molecular weight is 318 g/mol. The van der Waals surface area contributed by atoms with E-state index in [2.05, 4.69) is 28.2 Å². The molecule has 0 bridgehead atoms. The summed E-state index contributed by atoms with van der Waals surface area (Å²) in [4.78, 5) is 0. The summed E-state index contributed by atoms with van der Waals surface area (Å²) in [5.74, 6) is -0.211. The largest absolute Gasteiger partial charge is 0.385 e. The minimum Gasteiger partial charge on any atom is -0.385 e. The van der Waals surface area contributed by atoms with Crippen LogP contribution in [0.15, 0.2) is 22.7 Å². The highest BCUT2D eigenvalue weighted by molar-refractivity contribution is 9.10. The molecule has 4 heteroatoms. The second-order valence-electron chi connectivity index (χ2n) is 4.40. The fourth-order valence-electron chi connectivity index (χ4n) is 1.83. The molecular weight excluding hydrogens is 297 g/mol. The number of hydrogen-bond donors (Lipinski definition) is 1. The molecule has 1 rings (SSSR count). The van der Waals surface area contributed by atoms with Gasteiger partial charge in [-0.15, -0.1) is 0 Å². The van der Waals surface area contributed by atoms with Crippen molar-refractivity contribution in [3.8, 4) is 0 Å². The quantitative estimate of drug-likeness (QED) is 0.730. The lowest BCUT2D eigenvalue weighted by molar-refractivity contribution is 0.192. The number of hydrogen-bond acceptors (Lipinski definition) is 2. The highest BCUT2D eigenvalue weighted by Gasteiger charge is 2.08. The van der Waals surface area contributed by atoms with Crippen LogP contribution in [0.5, 0.6) is 0 Å². The maximum atomic E-state index is 13.0. The monoisotopic (exact) mass is 317 g/mol. The van der Waals surface area contributed by atoms with E-state index in [-0.39, 0.29) is 11.9 Å². The molecule has 18 heavy (non-hydrogen) atoms. The van der Waals surface area contributed by atoms with E-state index in [1.165, 1.54) is 12.1 Å². The molecule has 0 aliphatic rings. The Balaban J connectivity index is 2.29. The van der Waals surface area contributed by atoms with Crippen LogP contribution < -0.4 is 5.32 Å². The number of unbranched alkanes of at least 4 members (excludes halogenated alkanes) is 2. The first kappa shape index (κ1) is 15.6. The van der Waals surface area contributed by atoms with Gasteiger partial charge in [-0.2, -0.15) is 0 Å². The van der Waals surface area contributed by atoms with E-state index in [0.717, 1.165) is 42.5 Å². The van der Waals surface area contributed by atoms with Crippen molar-refractivity contribution in [2.45, 2.75) is 32.2 Å². The smallest absolute Gasteiger partial charge is 0.124 e. The zero-order chi connectivity index (χ0) is 13.4. The van der Waals surface area contributed by atoms with Crippen LogP contribution in [0.3, 0.4) is 0 Å². The van der Waals surface area contributed by atoms with E-state index in [1.807, 2.05) is 6.07 Å². The van der Waals surface area contributed by atoms with Crippen molar-refractivity contribution in [3.05, 3.63) is 34.1 Å². The molecule has 0 saturated carbocycles. The Hall–Kier alpha value is -0.450. The summed E-state index contributed by atoms with van der Waals surface area (Å²) < 4.78 is 18.8. The zero-order valence-corrected chi connectivity index (χ0v) is 12.6. The van der Waals surface area contributed by atoms with Gasteiger partial charge in [-0.3, -0.25) is 0 Å². The Bertz CT molecular complexity index is 360. The van der Waals surface area contributed by atoms with E-state index < -0.39 is 0 Å². The van der Waals surface area contributed by atoms with Gasteiger partial charge in [0.05, 0.1) is 0 Å². The van der Waals surface area contributed by atoms with Crippen molar-refractivity contribution in [1.82, 2.24) is 5.32 Å². The van der Waals surface area contributed by atoms with Crippen molar-refractivity contribution in [2.75, 3.05) is 20.3 Å². The van der Waals surface area contributed by atoms with Crippen LogP contribution >= 0.6 is 15.9 Å². The van der Waals surface area contributed by atoms with E-state index in [0.29, 0.717) is 0 Å². The third kappa shape index (κ3) is 5.46. The molecule has 0 saturated heterocycles. The molecule has 0 amide bonds. The van der Waals surface area contributed by atoms with Gasteiger partial charge >= 0.3 is 0 Å². The molecule has 0 heterocycles. The molecule has 1 unspecified atom stereocenters. The van der Waals surface area contributed by atoms with Gasteiger partial charge in [0.2, 0.25) is 0 Å². The van der Waals surface area contributed by atoms with E-state index in [9.17, 15) is 4.39 Å². The maximum Gasteiger partial charge on any atom is 0.124 e. The Morgan fingerprint density at radius 1 is 1.33 bits per heavy atom. The topological polar surface area (TPSA) is 21.3 Å². The number of nitrogens with one attached hydrogen (secondary N) is 1. The summed E-state index contributed by atoms with van der Waals surface area (Å²) in [6, 6.07) is 5.05. The Morgan fingerprint density at radius 3 is 2.78 bits per heavy atom. The predicted molar refractivity (Wildman–Crippen MR) is 76.2 cm³/mol. The minimum absolute atomic E-state index is 0.211. The van der Waals surface area contributed by atoms with Crippen LogP contribution in [0.1, 0.15) is 37.8 Å². The van der Waals surface area contributed by atoms with Crippen LogP contribution in [0.2, 0.25) is 0 Å². The molecule has 1 N–H and O–H groups in total. The van der Waals surface area contributed by atoms with Gasteiger partial charge < -0.3 is 10.1 Å². The van der Waals surface area contributed by atoms with Crippen molar-refractivity contribution >= 4 is 15.9 Å². The maximum absolute atomic E-state index is 13.0. The summed E-state index contributed by atoms with van der Waals surface area (Å²) in [5, 5.41) is 3.44. The Kier molecular flexibility index (Phi) is 7.47. The number of ether oxygens (including phenoxy) is 1. The molecule has 1 atom stereocenters. The van der Waals surface area contributed by atoms with Crippen LogP contribution in [-0.2, 0) is 4.74 Å². The standard InChI is InChI=1S/C14H21BrFNO/c1-11(17-8-4-3-5-9-18-2)13-7-6-12(16)10-14(13)15/h6-7,10-11,17H,3-5,8-9H2,1-2H3. The molecule has 0 aromatic heterocycles. The summed E-state index contributed by atoms with van der Waals surface area (Å²) in [7, 11) is 1.73. The van der Waals surface area contributed by atoms with Crippen LogP contribution in [0.4, 0.5) is 4.39 Å². The van der Waals surface area contributed by atoms with Crippen LogP contribution in [0, 0.1) is 5.82 Å². The fraction of sp³-hybridized carbons (Fsp3) is 0.571. The van der Waals surface area contributed by atoms with Gasteiger partial charge in [0, 0.05) is 24.2 Å². The summed E-state index contributed by atoms with van der Waals surface area (Å²) >= 11 is 3.39. The first-order valence-electron chi connectivity index (χ1n) is 6.32. The summed E-state index contributed by atoms with van der Waals surface area (Å²) in [5.41, 5.74) is 1.09. The lowest BCUT2D eigenvalue weighted by Crippen LogP contribution is -2.20. The molecule has 102 valence electrons. The Morgan fingerprint density at radius 2 is 2.11 bits per heavy atom. The van der Waals surface area contributed by atoms with Crippen LogP contribution in [-0.4, -0.2) is 20.3 Å². The normalized spacial score (nSPS) is 12.7. The zero-order valence-electron chi connectivity index (χ0n) is 11.0. The molecular formula is C14H21BrFNO. The lowest BCUT2D eigenvalue weighted by atomic mass is 10.1. The number of rotatable bonds is 8. The predicted octanol–water partition coefficient (Wildman–Crippen LogP) is 4.06. The van der Waals surface area contributed by atoms with E-state index >= 15 is 0 Å². The first-order chi connectivity index (χ1) is 8.65. The molecule has 0 spiro atoms.